The highest BCUT2D eigenvalue weighted by molar-refractivity contribution is 5.91. The Kier molecular flexibility index (Phi) is 5.86. The number of hydrogen-bond donors (Lipinski definition) is 5. The van der Waals surface area contributed by atoms with Gasteiger partial charge in [0.1, 0.15) is 6.10 Å². The van der Waals surface area contributed by atoms with E-state index in [4.69, 9.17) is 4.74 Å². The number of rotatable bonds is 4. The quantitative estimate of drug-likeness (QED) is 0.267. The third-order valence-electron chi connectivity index (χ3n) is 4.13. The number of phenols is 2. The lowest BCUT2D eigenvalue weighted by atomic mass is 9.79. The number of carbonyl (C=O) groups excluding carboxylic acids is 2. The molecule has 9 nitrogen and oxygen atoms in total. The fraction of sp³-hybridized carbons (Fsp3) is 0.412. The van der Waals surface area contributed by atoms with Gasteiger partial charge in [-0.25, -0.2) is 9.59 Å². The van der Waals surface area contributed by atoms with E-state index in [1.54, 1.807) is 0 Å². The maximum atomic E-state index is 12.1. The number of ether oxygens (including phenoxy) is 2. The summed E-state index contributed by atoms with van der Waals surface area (Å²) in [5.41, 5.74) is -1.56. The molecule has 0 unspecified atom stereocenters. The smallest absolute Gasteiger partial charge is 0.350 e. The fourth-order valence-electron chi connectivity index (χ4n) is 2.77. The Morgan fingerprint density at radius 3 is 2.27 bits per heavy atom. The number of aliphatic hydroxyl groups excluding tert-OH is 3. The first-order chi connectivity index (χ1) is 12.2. The molecule has 1 aromatic rings. The number of aromatic hydroxyl groups is 2. The average Bonchev–Trinajstić information content (AvgIpc) is 2.59. The maximum Gasteiger partial charge on any atom is 0.350 e. The average molecular weight is 368 g/mol. The first-order valence-corrected chi connectivity index (χ1v) is 7.74. The van der Waals surface area contributed by atoms with Gasteiger partial charge in [0.05, 0.1) is 19.3 Å². The Labute approximate surface area is 148 Å². The predicted octanol–water partition coefficient (Wildman–Crippen LogP) is -0.558. The summed E-state index contributed by atoms with van der Waals surface area (Å²) in [6.45, 7) is 0. The second-order valence-electron chi connectivity index (χ2n) is 6.02. The lowest BCUT2D eigenvalue weighted by molar-refractivity contribution is -0.203. The monoisotopic (exact) mass is 368 g/mol. The molecule has 9 heteroatoms. The molecule has 26 heavy (non-hydrogen) atoms. The van der Waals surface area contributed by atoms with Crippen LogP contribution in [0.5, 0.6) is 11.5 Å². The van der Waals surface area contributed by atoms with Crippen LogP contribution in [0, 0.1) is 0 Å². The summed E-state index contributed by atoms with van der Waals surface area (Å²) in [5.74, 6) is -2.62. The van der Waals surface area contributed by atoms with E-state index in [-0.39, 0.29) is 11.5 Å². The number of hydrogen-bond acceptors (Lipinski definition) is 9. The molecular weight excluding hydrogens is 348 g/mol. The molecular formula is C17H20O9. The zero-order valence-corrected chi connectivity index (χ0v) is 13.9. The molecule has 2 rings (SSSR count). The Morgan fingerprint density at radius 2 is 1.73 bits per heavy atom. The minimum absolute atomic E-state index is 0.321. The van der Waals surface area contributed by atoms with Crippen molar-refractivity contribution in [2.24, 2.45) is 0 Å². The predicted molar refractivity (Wildman–Crippen MR) is 86.9 cm³/mol. The van der Waals surface area contributed by atoms with Crippen molar-refractivity contribution >= 4 is 18.0 Å². The van der Waals surface area contributed by atoms with Crippen molar-refractivity contribution in [2.45, 2.75) is 36.8 Å². The molecule has 142 valence electrons. The normalized spacial score (nSPS) is 28.7. The standard InChI is InChI=1S/C17H20O9/c1-25-16(24)17(7-12(20)15(23)13(21)8-17)26-14(22)5-3-9-2-4-10(18)11(19)6-9/h2-6,12-13,15,18-21,23H,7-8H2,1H3/b5-3+/t12-,13-,15?,17?/m1/s1. The van der Waals surface area contributed by atoms with Crippen LogP contribution in [-0.4, -0.2) is 68.5 Å². The third kappa shape index (κ3) is 4.13. The molecule has 0 saturated heterocycles. The number of benzene rings is 1. The Bertz CT molecular complexity index is 700. The highest BCUT2D eigenvalue weighted by atomic mass is 16.6. The molecule has 1 aliphatic carbocycles. The SMILES string of the molecule is COC(=O)C1(OC(=O)/C=C/c2ccc(O)c(O)c2)C[C@@H](O)C(O)[C@H](O)C1. The van der Waals surface area contributed by atoms with Gasteiger partial charge in [-0.2, -0.15) is 0 Å². The van der Waals surface area contributed by atoms with Gasteiger partial charge < -0.3 is 35.0 Å². The van der Waals surface area contributed by atoms with Crippen LogP contribution >= 0.6 is 0 Å². The van der Waals surface area contributed by atoms with Crippen molar-refractivity contribution in [3.8, 4) is 11.5 Å². The molecule has 0 heterocycles. The Hall–Kier alpha value is -2.62. The fourth-order valence-corrected chi connectivity index (χ4v) is 2.77. The molecule has 1 fully saturated rings. The van der Waals surface area contributed by atoms with E-state index in [0.717, 1.165) is 13.2 Å². The van der Waals surface area contributed by atoms with E-state index in [1.165, 1.54) is 24.3 Å². The van der Waals surface area contributed by atoms with Crippen molar-refractivity contribution in [3.63, 3.8) is 0 Å². The second-order valence-corrected chi connectivity index (χ2v) is 6.02. The zero-order chi connectivity index (χ0) is 19.5. The van der Waals surface area contributed by atoms with Gasteiger partial charge in [-0.3, -0.25) is 0 Å². The van der Waals surface area contributed by atoms with Crippen molar-refractivity contribution < 1.29 is 44.6 Å². The summed E-state index contributed by atoms with van der Waals surface area (Å²) >= 11 is 0. The van der Waals surface area contributed by atoms with Gasteiger partial charge in [0.2, 0.25) is 5.60 Å². The van der Waals surface area contributed by atoms with E-state index in [9.17, 15) is 35.1 Å². The molecule has 0 spiro atoms. The molecule has 0 amide bonds. The zero-order valence-electron chi connectivity index (χ0n) is 13.9. The van der Waals surface area contributed by atoms with Crippen molar-refractivity contribution in [2.75, 3.05) is 7.11 Å². The summed E-state index contributed by atoms with van der Waals surface area (Å²) in [5, 5.41) is 47.9. The van der Waals surface area contributed by atoms with Crippen LogP contribution in [0.15, 0.2) is 24.3 Å². The van der Waals surface area contributed by atoms with Crippen molar-refractivity contribution in [1.82, 2.24) is 0 Å². The first-order valence-electron chi connectivity index (χ1n) is 7.74. The minimum atomic E-state index is -1.94. The molecule has 1 aromatic carbocycles. The van der Waals surface area contributed by atoms with Gasteiger partial charge >= 0.3 is 11.9 Å². The van der Waals surface area contributed by atoms with Crippen LogP contribution in [-0.2, 0) is 19.1 Å². The van der Waals surface area contributed by atoms with E-state index in [1.807, 2.05) is 0 Å². The van der Waals surface area contributed by atoms with Gasteiger partial charge in [-0.05, 0) is 23.8 Å². The molecule has 2 atom stereocenters. The van der Waals surface area contributed by atoms with E-state index < -0.39 is 48.7 Å². The van der Waals surface area contributed by atoms with Gasteiger partial charge in [-0.1, -0.05) is 6.07 Å². The summed E-state index contributed by atoms with van der Waals surface area (Å²) in [6.07, 6.45) is -3.05. The largest absolute Gasteiger partial charge is 0.504 e. The molecule has 1 saturated carbocycles. The molecule has 0 bridgehead atoms. The number of aliphatic hydroxyl groups is 3. The van der Waals surface area contributed by atoms with E-state index >= 15 is 0 Å². The number of carbonyl (C=O) groups is 2. The summed E-state index contributed by atoms with van der Waals surface area (Å²) in [7, 11) is 1.07. The molecule has 0 aliphatic heterocycles. The van der Waals surface area contributed by atoms with Crippen LogP contribution in [0.3, 0.4) is 0 Å². The highest BCUT2D eigenvalue weighted by Gasteiger charge is 2.53. The highest BCUT2D eigenvalue weighted by Crippen LogP contribution is 2.34. The third-order valence-corrected chi connectivity index (χ3v) is 4.13. The van der Waals surface area contributed by atoms with Crippen molar-refractivity contribution in [3.05, 3.63) is 29.8 Å². The first kappa shape index (κ1) is 19.7. The molecule has 1 aliphatic rings. The second kappa shape index (κ2) is 7.73. The lowest BCUT2D eigenvalue weighted by Crippen LogP contribution is -2.58. The van der Waals surface area contributed by atoms with Crippen LogP contribution in [0.4, 0.5) is 0 Å². The van der Waals surface area contributed by atoms with Gasteiger partial charge in [0.15, 0.2) is 11.5 Å². The van der Waals surface area contributed by atoms with Crippen molar-refractivity contribution in [1.29, 1.82) is 0 Å². The van der Waals surface area contributed by atoms with Crippen LogP contribution in [0.2, 0.25) is 0 Å². The van der Waals surface area contributed by atoms with E-state index in [0.29, 0.717) is 5.56 Å². The van der Waals surface area contributed by atoms with Crippen LogP contribution in [0.1, 0.15) is 18.4 Å². The maximum absolute atomic E-state index is 12.1. The minimum Gasteiger partial charge on any atom is -0.504 e. The van der Waals surface area contributed by atoms with Crippen LogP contribution in [0.25, 0.3) is 6.08 Å². The van der Waals surface area contributed by atoms with Gasteiger partial charge in [0.25, 0.3) is 0 Å². The van der Waals surface area contributed by atoms with Gasteiger partial charge in [0, 0.05) is 18.9 Å². The topological polar surface area (TPSA) is 154 Å². The summed E-state index contributed by atoms with van der Waals surface area (Å²) in [4.78, 5) is 24.2. The Balaban J connectivity index is 2.17. The number of esters is 2. The summed E-state index contributed by atoms with van der Waals surface area (Å²) in [6, 6.07) is 3.87. The number of phenolic OH excluding ortho intramolecular Hbond substituents is 2. The molecule has 0 radical (unpaired) electrons. The molecule has 0 aromatic heterocycles. The Morgan fingerprint density at radius 1 is 1.12 bits per heavy atom. The molecule has 5 N–H and O–H groups in total. The van der Waals surface area contributed by atoms with E-state index in [2.05, 4.69) is 4.74 Å². The van der Waals surface area contributed by atoms with Crippen LogP contribution < -0.4 is 0 Å². The number of methoxy groups -OCH3 is 1. The summed E-state index contributed by atoms with van der Waals surface area (Å²) < 4.78 is 9.77. The van der Waals surface area contributed by atoms with Gasteiger partial charge in [-0.15, -0.1) is 0 Å². The lowest BCUT2D eigenvalue weighted by Gasteiger charge is -2.40.